The molecule has 218 valence electrons. The second kappa shape index (κ2) is 24.9. The number of rotatable bonds is 16. The summed E-state index contributed by atoms with van der Waals surface area (Å²) in [5.74, 6) is 2.14. The Balaban J connectivity index is 0. The van der Waals surface area contributed by atoms with Crippen LogP contribution >= 0.6 is 36.6 Å². The van der Waals surface area contributed by atoms with Gasteiger partial charge in [0.25, 0.3) is 0 Å². The first-order valence-electron chi connectivity index (χ1n) is 12.8. The number of guanidine groups is 4. The Labute approximate surface area is 245 Å². The Morgan fingerprint density at radius 3 is 1.61 bits per heavy atom. The number of benzene rings is 1. The van der Waals surface area contributed by atoms with Crippen LogP contribution in [-0.4, -0.2) is 55.3 Å². The molecular weight excluding hydrogens is 543 g/mol. The van der Waals surface area contributed by atoms with Gasteiger partial charge in [-0.1, -0.05) is 57.0 Å². The number of halogens is 2. The minimum Gasteiger partial charge on any atom is -0.370 e. The average Bonchev–Trinajstić information content (AvgIpc) is 2.85. The molecule has 1 unspecified atom stereocenters. The first-order valence-corrected chi connectivity index (χ1v) is 13.9. The van der Waals surface area contributed by atoms with Gasteiger partial charge in [-0.25, -0.2) is 0 Å². The molecule has 0 saturated heterocycles. The molecule has 0 heterocycles. The van der Waals surface area contributed by atoms with E-state index in [1.165, 1.54) is 5.56 Å². The lowest BCUT2D eigenvalue weighted by Crippen LogP contribution is -2.42. The molecule has 0 bridgehead atoms. The van der Waals surface area contributed by atoms with Crippen molar-refractivity contribution in [3.63, 3.8) is 0 Å². The zero-order chi connectivity index (χ0) is 26.4. The van der Waals surface area contributed by atoms with E-state index >= 15 is 0 Å². The normalized spacial score (nSPS) is 13.3. The zero-order valence-electron chi connectivity index (χ0n) is 22.8. The number of aliphatic imine (C=N–C) groups is 4. The quantitative estimate of drug-likeness (QED) is 0.0970. The number of hydrogen-bond acceptors (Lipinski definition) is 5. The minimum atomic E-state index is 0. The Morgan fingerprint density at radius 1 is 0.684 bits per heavy atom. The number of nitrogens with zero attached hydrogens (tertiary/aromatic N) is 4. The predicted molar refractivity (Wildman–Crippen MR) is 172 cm³/mol. The molecule has 10 N–H and O–H groups in total. The van der Waals surface area contributed by atoms with Gasteiger partial charge in [0, 0.05) is 37.2 Å². The summed E-state index contributed by atoms with van der Waals surface area (Å²) in [4.78, 5) is 17.3. The topological polar surface area (TPSA) is 178 Å². The van der Waals surface area contributed by atoms with E-state index in [9.17, 15) is 0 Å². The highest BCUT2D eigenvalue weighted by molar-refractivity contribution is 7.99. The smallest absolute Gasteiger partial charge is 0.195 e. The molecule has 0 spiro atoms. The van der Waals surface area contributed by atoms with Gasteiger partial charge in [0.15, 0.2) is 23.8 Å². The van der Waals surface area contributed by atoms with Crippen LogP contribution in [0.4, 0.5) is 0 Å². The largest absolute Gasteiger partial charge is 0.370 e. The van der Waals surface area contributed by atoms with Gasteiger partial charge in [-0.05, 0) is 37.7 Å². The maximum Gasteiger partial charge on any atom is 0.195 e. The predicted octanol–water partition coefficient (Wildman–Crippen LogP) is 3.34. The summed E-state index contributed by atoms with van der Waals surface area (Å²) in [6.45, 7) is 6.80. The van der Waals surface area contributed by atoms with E-state index in [2.05, 4.69) is 68.7 Å². The second-order valence-corrected chi connectivity index (χ2v) is 9.66. The van der Waals surface area contributed by atoms with Gasteiger partial charge < -0.3 is 22.9 Å². The molecule has 10 nitrogen and oxygen atoms in total. The first kappa shape index (κ1) is 37.8. The summed E-state index contributed by atoms with van der Waals surface area (Å²) in [6, 6.07) is 10.5. The third-order valence-corrected chi connectivity index (χ3v) is 6.57. The third-order valence-electron chi connectivity index (χ3n) is 5.13. The summed E-state index contributed by atoms with van der Waals surface area (Å²) < 4.78 is 0. The summed E-state index contributed by atoms with van der Waals surface area (Å²) in [6.07, 6.45) is 6.89. The van der Waals surface area contributed by atoms with Crippen LogP contribution in [0.15, 0.2) is 50.3 Å². The Bertz CT molecular complexity index is 835. The van der Waals surface area contributed by atoms with Crippen molar-refractivity contribution >= 4 is 60.4 Å². The van der Waals surface area contributed by atoms with E-state index < -0.39 is 0 Å². The fourth-order valence-corrected chi connectivity index (χ4v) is 4.31. The Kier molecular flexibility index (Phi) is 24.8. The summed E-state index contributed by atoms with van der Waals surface area (Å²) in [5, 5.41) is 6.11. The lowest BCUT2D eigenvalue weighted by Gasteiger charge is -2.16. The number of thioether (sulfide) groups is 1. The number of hydrogen-bond donors (Lipinski definition) is 6. The molecule has 0 saturated carbocycles. The van der Waals surface area contributed by atoms with Crippen LogP contribution in [-0.2, 0) is 5.75 Å². The van der Waals surface area contributed by atoms with Gasteiger partial charge in [0.05, 0.1) is 0 Å². The average molecular weight is 592 g/mol. The van der Waals surface area contributed by atoms with Crippen molar-refractivity contribution in [2.75, 3.05) is 26.2 Å². The molecule has 0 aliphatic carbocycles. The molecule has 0 aromatic heterocycles. The van der Waals surface area contributed by atoms with Gasteiger partial charge in [-0.3, -0.25) is 30.6 Å². The summed E-state index contributed by atoms with van der Waals surface area (Å²) >= 11 is 1.92. The van der Waals surface area contributed by atoms with Crippen molar-refractivity contribution in [2.45, 2.75) is 69.8 Å². The summed E-state index contributed by atoms with van der Waals surface area (Å²) in [7, 11) is 0. The number of unbranched alkanes of at least 4 members (excludes halogenated alkanes) is 2. The Hall–Kier alpha value is -2.37. The van der Waals surface area contributed by atoms with Crippen LogP contribution in [0.25, 0.3) is 0 Å². The van der Waals surface area contributed by atoms with E-state index in [4.69, 9.17) is 22.9 Å². The lowest BCUT2D eigenvalue weighted by atomic mass is 10.2. The van der Waals surface area contributed by atoms with Gasteiger partial charge >= 0.3 is 0 Å². The van der Waals surface area contributed by atoms with Crippen molar-refractivity contribution in [2.24, 2.45) is 42.9 Å². The fourth-order valence-electron chi connectivity index (χ4n) is 3.08. The highest BCUT2D eigenvalue weighted by Crippen LogP contribution is 2.24. The Morgan fingerprint density at radius 2 is 1.13 bits per heavy atom. The van der Waals surface area contributed by atoms with Crippen molar-refractivity contribution < 1.29 is 0 Å². The lowest BCUT2D eigenvalue weighted by molar-refractivity contribution is 0.667. The van der Waals surface area contributed by atoms with E-state index in [1.54, 1.807) is 0 Å². The van der Waals surface area contributed by atoms with Crippen LogP contribution in [0.5, 0.6) is 0 Å². The molecule has 1 aromatic carbocycles. The molecule has 1 rings (SSSR count). The highest BCUT2D eigenvalue weighted by Gasteiger charge is 2.10. The SMILES string of the molecule is CCCCN=C(N)NC(N)=NCCCC(CCN=C(N)NC(N)=NCCCC)SCc1ccccc1.Cl.Cl. The second-order valence-electron chi connectivity index (χ2n) is 8.37. The van der Waals surface area contributed by atoms with E-state index in [0.29, 0.717) is 55.3 Å². The molecule has 1 aromatic rings. The monoisotopic (exact) mass is 590 g/mol. The molecule has 0 amide bonds. The van der Waals surface area contributed by atoms with Gasteiger partial charge in [0.1, 0.15) is 0 Å². The van der Waals surface area contributed by atoms with Crippen LogP contribution in [0.1, 0.15) is 64.4 Å². The maximum absolute atomic E-state index is 5.98. The van der Waals surface area contributed by atoms with Crippen LogP contribution in [0, 0.1) is 0 Å². The van der Waals surface area contributed by atoms with Gasteiger partial charge in [-0.2, -0.15) is 11.8 Å². The van der Waals surface area contributed by atoms with E-state index in [1.807, 2.05) is 17.8 Å². The standard InChI is InChI=1S/C25H46N10S.2ClH/c1-3-5-15-30-22(26)34-24(28)32-17-10-13-21(36-19-20-11-8-7-9-12-20)14-18-33-25(29)35-23(27)31-16-6-4-2;;/h7-9,11-12,21H,3-6,10,13-19H2,1-2H3,(H5,26,28,30,32,34)(H5,27,29,31,33,35);2*1H. The molecule has 38 heavy (non-hydrogen) atoms. The molecule has 0 aliphatic rings. The van der Waals surface area contributed by atoms with Crippen molar-refractivity contribution in [1.82, 2.24) is 10.6 Å². The first-order chi connectivity index (χ1) is 17.4. The molecular formula is C25H48Cl2N10S. The molecule has 0 aliphatic heterocycles. The number of nitrogens with two attached hydrogens (primary N) is 4. The molecule has 13 heteroatoms. The zero-order valence-corrected chi connectivity index (χ0v) is 25.2. The van der Waals surface area contributed by atoms with E-state index in [0.717, 1.165) is 50.7 Å². The molecule has 0 fully saturated rings. The molecule has 0 radical (unpaired) electrons. The fraction of sp³-hybridized carbons (Fsp3) is 0.600. The minimum absolute atomic E-state index is 0. The van der Waals surface area contributed by atoms with Crippen LogP contribution < -0.4 is 33.6 Å². The van der Waals surface area contributed by atoms with Crippen molar-refractivity contribution in [3.8, 4) is 0 Å². The van der Waals surface area contributed by atoms with E-state index in [-0.39, 0.29) is 24.8 Å². The van der Waals surface area contributed by atoms with Crippen molar-refractivity contribution in [1.29, 1.82) is 0 Å². The van der Waals surface area contributed by atoms with Crippen molar-refractivity contribution in [3.05, 3.63) is 35.9 Å². The van der Waals surface area contributed by atoms with Gasteiger partial charge in [-0.15, -0.1) is 24.8 Å². The van der Waals surface area contributed by atoms with Gasteiger partial charge in [0.2, 0.25) is 0 Å². The van der Waals surface area contributed by atoms with Crippen LogP contribution in [0.3, 0.4) is 0 Å². The highest BCUT2D eigenvalue weighted by atomic mass is 35.5. The number of nitrogens with one attached hydrogen (secondary N) is 2. The maximum atomic E-state index is 5.98. The third kappa shape index (κ3) is 20.7. The molecule has 1 atom stereocenters. The summed E-state index contributed by atoms with van der Waals surface area (Å²) in [5.41, 5.74) is 24.9. The van der Waals surface area contributed by atoms with Crippen LogP contribution in [0.2, 0.25) is 0 Å².